The Labute approximate surface area is 90.2 Å². The molecule has 0 aliphatic carbocycles. The van der Waals surface area contributed by atoms with Gasteiger partial charge in [-0.25, -0.2) is 0 Å². The normalized spacial score (nSPS) is 11.9. The average Bonchev–Trinajstić information content (AvgIpc) is 2.14. The second kappa shape index (κ2) is 6.65. The number of phenolic OH excluding ortho intramolecular Hbond substituents is 1. The number of aliphatic hydroxyl groups is 1. The minimum atomic E-state index is -0.0860. The molecule has 80 valence electrons. The molecule has 0 bridgehead atoms. The number of halogens is 1. The lowest BCUT2D eigenvalue weighted by molar-refractivity contribution is 0.246. The summed E-state index contributed by atoms with van der Waals surface area (Å²) >= 11 is 0. The fourth-order valence-corrected chi connectivity index (χ4v) is 1.28. The Hall–Kier alpha value is -0.770. The van der Waals surface area contributed by atoms with Gasteiger partial charge in [0.05, 0.1) is 12.6 Å². The third kappa shape index (κ3) is 3.54. The smallest absolute Gasteiger partial charge is 0.115 e. The zero-order chi connectivity index (χ0) is 9.68. The maximum absolute atomic E-state index is 9.22. The average molecular weight is 218 g/mol. The van der Waals surface area contributed by atoms with Crippen LogP contribution in [0.25, 0.3) is 0 Å². The number of likely N-dealkylation sites (N-methyl/N-ethyl adjacent to an activating group) is 1. The molecule has 1 atom stereocenters. The van der Waals surface area contributed by atoms with Gasteiger partial charge in [0.25, 0.3) is 0 Å². The van der Waals surface area contributed by atoms with Crippen LogP contribution in [0.3, 0.4) is 0 Å². The summed E-state index contributed by atoms with van der Waals surface area (Å²) in [6.07, 6.45) is 0. The van der Waals surface area contributed by atoms with Gasteiger partial charge < -0.3 is 15.5 Å². The van der Waals surface area contributed by atoms with Crippen LogP contribution in [-0.2, 0) is 0 Å². The third-order valence-electron chi connectivity index (χ3n) is 1.91. The largest absolute Gasteiger partial charge is 0.508 e. The highest BCUT2D eigenvalue weighted by Gasteiger charge is 2.08. The molecule has 1 unspecified atom stereocenters. The molecule has 3 nitrogen and oxygen atoms in total. The molecule has 1 aromatic carbocycles. The van der Waals surface area contributed by atoms with E-state index in [0.29, 0.717) is 0 Å². The predicted octanol–water partition coefficient (Wildman–Crippen LogP) is 1.46. The number of benzene rings is 1. The Morgan fingerprint density at radius 1 is 1.43 bits per heavy atom. The van der Waals surface area contributed by atoms with Crippen LogP contribution in [0.2, 0.25) is 0 Å². The Morgan fingerprint density at radius 3 is 2.64 bits per heavy atom. The molecule has 0 aromatic heterocycles. The van der Waals surface area contributed by atoms with Crippen molar-refractivity contribution in [2.24, 2.45) is 0 Å². The molecule has 0 radical (unpaired) electrons. The molecule has 1 rings (SSSR count). The Bertz CT molecular complexity index is 268. The van der Waals surface area contributed by atoms with Crippen LogP contribution >= 0.6 is 12.4 Å². The zero-order valence-corrected chi connectivity index (χ0v) is 8.92. The van der Waals surface area contributed by atoms with Crippen molar-refractivity contribution in [3.05, 3.63) is 29.8 Å². The van der Waals surface area contributed by atoms with Crippen molar-refractivity contribution in [3.8, 4) is 5.75 Å². The van der Waals surface area contributed by atoms with Crippen molar-refractivity contribution in [2.75, 3.05) is 13.2 Å². The van der Waals surface area contributed by atoms with E-state index in [1.165, 1.54) is 0 Å². The van der Waals surface area contributed by atoms with E-state index in [1.807, 2.05) is 13.0 Å². The van der Waals surface area contributed by atoms with Crippen molar-refractivity contribution in [2.45, 2.75) is 13.0 Å². The van der Waals surface area contributed by atoms with Gasteiger partial charge in [-0.2, -0.15) is 0 Å². The quantitative estimate of drug-likeness (QED) is 0.716. The first kappa shape index (κ1) is 13.2. The number of aromatic hydroxyl groups is 1. The van der Waals surface area contributed by atoms with Gasteiger partial charge in [-0.3, -0.25) is 0 Å². The summed E-state index contributed by atoms with van der Waals surface area (Å²) in [5, 5.41) is 21.4. The number of rotatable bonds is 4. The van der Waals surface area contributed by atoms with E-state index in [4.69, 9.17) is 5.11 Å². The van der Waals surface area contributed by atoms with Crippen LogP contribution in [0, 0.1) is 0 Å². The van der Waals surface area contributed by atoms with Gasteiger partial charge in [0.1, 0.15) is 5.75 Å². The zero-order valence-electron chi connectivity index (χ0n) is 8.10. The van der Waals surface area contributed by atoms with Crippen LogP contribution in [0.4, 0.5) is 0 Å². The molecule has 3 N–H and O–H groups in total. The summed E-state index contributed by atoms with van der Waals surface area (Å²) in [4.78, 5) is 0. The first-order valence-corrected chi connectivity index (χ1v) is 4.41. The molecular formula is C10H16ClNO2. The van der Waals surface area contributed by atoms with Crippen molar-refractivity contribution < 1.29 is 10.2 Å². The third-order valence-corrected chi connectivity index (χ3v) is 1.91. The topological polar surface area (TPSA) is 52.5 Å². The lowest BCUT2D eigenvalue weighted by atomic mass is 10.1. The van der Waals surface area contributed by atoms with E-state index in [1.54, 1.807) is 18.2 Å². The Morgan fingerprint density at radius 2 is 2.14 bits per heavy atom. The van der Waals surface area contributed by atoms with Gasteiger partial charge in [-0.1, -0.05) is 19.1 Å². The second-order valence-electron chi connectivity index (χ2n) is 2.89. The fraction of sp³-hybridized carbons (Fsp3) is 0.400. The van der Waals surface area contributed by atoms with Gasteiger partial charge >= 0.3 is 0 Å². The molecule has 0 saturated heterocycles. The van der Waals surface area contributed by atoms with Gasteiger partial charge in [0, 0.05) is 0 Å². The molecule has 0 amide bonds. The lowest BCUT2D eigenvalue weighted by Gasteiger charge is -2.15. The summed E-state index contributed by atoms with van der Waals surface area (Å²) in [6, 6.07) is 6.83. The van der Waals surface area contributed by atoms with E-state index in [0.717, 1.165) is 12.1 Å². The van der Waals surface area contributed by atoms with Crippen molar-refractivity contribution in [1.82, 2.24) is 5.32 Å². The highest BCUT2D eigenvalue weighted by atomic mass is 35.5. The van der Waals surface area contributed by atoms with Crippen LogP contribution < -0.4 is 5.32 Å². The number of nitrogens with one attached hydrogen (secondary N) is 1. The first-order valence-electron chi connectivity index (χ1n) is 4.41. The second-order valence-corrected chi connectivity index (χ2v) is 2.89. The maximum Gasteiger partial charge on any atom is 0.115 e. The van der Waals surface area contributed by atoms with Crippen molar-refractivity contribution >= 4 is 12.4 Å². The van der Waals surface area contributed by atoms with E-state index in [-0.39, 0.29) is 30.8 Å². The van der Waals surface area contributed by atoms with E-state index in [2.05, 4.69) is 5.32 Å². The summed E-state index contributed by atoms with van der Waals surface area (Å²) in [5.74, 6) is 0.230. The molecule has 0 heterocycles. The summed E-state index contributed by atoms with van der Waals surface area (Å²) < 4.78 is 0. The van der Waals surface area contributed by atoms with Crippen LogP contribution in [0.5, 0.6) is 5.75 Å². The Balaban J connectivity index is 0.00000169. The molecule has 0 spiro atoms. The number of hydrogen-bond donors (Lipinski definition) is 3. The molecule has 0 saturated carbocycles. The predicted molar refractivity (Wildman–Crippen MR) is 58.9 cm³/mol. The summed E-state index contributed by atoms with van der Waals surface area (Å²) in [6.45, 7) is 2.81. The minimum absolute atomic E-state index is 0. The van der Waals surface area contributed by atoms with E-state index >= 15 is 0 Å². The molecule has 4 heteroatoms. The molecular weight excluding hydrogens is 202 g/mol. The monoisotopic (exact) mass is 217 g/mol. The Kier molecular flexibility index (Phi) is 6.28. The lowest BCUT2D eigenvalue weighted by Crippen LogP contribution is -2.23. The molecule has 0 fully saturated rings. The van der Waals surface area contributed by atoms with Gasteiger partial charge in [0.15, 0.2) is 0 Å². The van der Waals surface area contributed by atoms with Crippen molar-refractivity contribution in [3.63, 3.8) is 0 Å². The minimum Gasteiger partial charge on any atom is -0.508 e. The van der Waals surface area contributed by atoms with Gasteiger partial charge in [-0.15, -0.1) is 12.4 Å². The molecule has 0 aliphatic heterocycles. The fourth-order valence-electron chi connectivity index (χ4n) is 1.28. The van der Waals surface area contributed by atoms with E-state index < -0.39 is 0 Å². The molecule has 0 aliphatic rings. The number of hydrogen-bond acceptors (Lipinski definition) is 3. The maximum atomic E-state index is 9.22. The summed E-state index contributed by atoms with van der Waals surface area (Å²) in [7, 11) is 0. The highest BCUT2D eigenvalue weighted by Crippen LogP contribution is 2.17. The molecule has 1 aromatic rings. The van der Waals surface area contributed by atoms with Gasteiger partial charge in [-0.05, 0) is 24.2 Å². The number of phenols is 1. The van der Waals surface area contributed by atoms with Crippen molar-refractivity contribution in [1.29, 1.82) is 0 Å². The standard InChI is InChI=1S/C10H15NO2.ClH/c1-2-11-10(7-12)8-4-3-5-9(13)6-8;/h3-6,10-13H,2,7H2,1H3;1H. The highest BCUT2D eigenvalue weighted by molar-refractivity contribution is 5.85. The van der Waals surface area contributed by atoms with Crippen LogP contribution in [0.1, 0.15) is 18.5 Å². The van der Waals surface area contributed by atoms with Crippen LogP contribution in [0.15, 0.2) is 24.3 Å². The van der Waals surface area contributed by atoms with Crippen LogP contribution in [-0.4, -0.2) is 23.4 Å². The molecule has 14 heavy (non-hydrogen) atoms. The van der Waals surface area contributed by atoms with Gasteiger partial charge in [0.2, 0.25) is 0 Å². The SMILES string of the molecule is CCNC(CO)c1cccc(O)c1.Cl. The number of aliphatic hydroxyl groups excluding tert-OH is 1. The van der Waals surface area contributed by atoms with E-state index in [9.17, 15) is 5.11 Å². The first-order chi connectivity index (χ1) is 6.27. The summed E-state index contributed by atoms with van der Waals surface area (Å²) in [5.41, 5.74) is 0.907.